The number of aryl methyl sites for hydroxylation is 2. The number of hydrogen-bond donors (Lipinski definition) is 2. The SMILES string of the molecule is Cc1cccc(NS(=O)(=O)c2cc(C(=O)N(C)CCC(=O)O)ccc2C)c1. The second-order valence-corrected chi connectivity index (χ2v) is 7.98. The Morgan fingerprint density at radius 1 is 1.11 bits per heavy atom. The Morgan fingerprint density at radius 2 is 1.81 bits per heavy atom. The van der Waals surface area contributed by atoms with Crippen molar-refractivity contribution in [2.24, 2.45) is 0 Å². The minimum atomic E-state index is -3.88. The van der Waals surface area contributed by atoms with Crippen LogP contribution in [0.2, 0.25) is 0 Å². The van der Waals surface area contributed by atoms with Gasteiger partial charge in [-0.05, 0) is 49.2 Å². The molecular formula is C19H22N2O5S. The molecular weight excluding hydrogens is 368 g/mol. The standard InChI is InChI=1S/C19H22N2O5S/c1-13-5-4-6-16(11-13)20-27(25,26)17-12-15(8-7-14(17)2)19(24)21(3)10-9-18(22)23/h4-8,11-12,20H,9-10H2,1-3H3,(H,22,23). The highest BCUT2D eigenvalue weighted by molar-refractivity contribution is 7.92. The molecule has 0 aliphatic rings. The van der Waals surface area contributed by atoms with Crippen molar-refractivity contribution in [2.45, 2.75) is 25.2 Å². The summed E-state index contributed by atoms with van der Waals surface area (Å²) in [6.07, 6.45) is -0.186. The molecule has 0 aliphatic heterocycles. The summed E-state index contributed by atoms with van der Waals surface area (Å²) in [6.45, 7) is 3.54. The topological polar surface area (TPSA) is 104 Å². The second kappa shape index (κ2) is 8.22. The molecule has 0 radical (unpaired) electrons. The summed E-state index contributed by atoms with van der Waals surface area (Å²) in [5.41, 5.74) is 2.03. The Labute approximate surface area is 158 Å². The average molecular weight is 390 g/mol. The number of anilines is 1. The van der Waals surface area contributed by atoms with Crippen molar-refractivity contribution >= 4 is 27.6 Å². The lowest BCUT2D eigenvalue weighted by Gasteiger charge is -2.17. The molecule has 7 nitrogen and oxygen atoms in total. The van der Waals surface area contributed by atoms with Crippen LogP contribution in [0.4, 0.5) is 5.69 Å². The first-order chi connectivity index (χ1) is 12.6. The fourth-order valence-electron chi connectivity index (χ4n) is 2.53. The lowest BCUT2D eigenvalue weighted by atomic mass is 10.1. The Balaban J connectivity index is 2.30. The van der Waals surface area contributed by atoms with E-state index >= 15 is 0 Å². The zero-order valence-corrected chi connectivity index (χ0v) is 16.2. The maximum Gasteiger partial charge on any atom is 0.305 e. The molecule has 8 heteroatoms. The Morgan fingerprint density at radius 3 is 2.44 bits per heavy atom. The Kier molecular flexibility index (Phi) is 6.22. The van der Waals surface area contributed by atoms with E-state index in [2.05, 4.69) is 4.72 Å². The fourth-order valence-corrected chi connectivity index (χ4v) is 3.85. The first kappa shape index (κ1) is 20.4. The molecule has 2 rings (SSSR count). The number of aliphatic carboxylic acids is 1. The van der Waals surface area contributed by atoms with Gasteiger partial charge in [-0.3, -0.25) is 14.3 Å². The van der Waals surface area contributed by atoms with Gasteiger partial charge < -0.3 is 10.0 Å². The van der Waals surface area contributed by atoms with Crippen LogP contribution >= 0.6 is 0 Å². The van der Waals surface area contributed by atoms with E-state index in [0.29, 0.717) is 11.3 Å². The van der Waals surface area contributed by atoms with E-state index in [9.17, 15) is 18.0 Å². The third-order valence-electron chi connectivity index (χ3n) is 4.00. The quantitative estimate of drug-likeness (QED) is 0.756. The van der Waals surface area contributed by atoms with Gasteiger partial charge in [-0.2, -0.15) is 0 Å². The number of hydrogen-bond acceptors (Lipinski definition) is 4. The number of carboxylic acids is 1. The summed E-state index contributed by atoms with van der Waals surface area (Å²) in [7, 11) is -2.41. The van der Waals surface area contributed by atoms with Gasteiger partial charge in [-0.15, -0.1) is 0 Å². The maximum atomic E-state index is 12.8. The summed E-state index contributed by atoms with van der Waals surface area (Å²) in [5, 5.41) is 8.74. The number of nitrogens with zero attached hydrogens (tertiary/aromatic N) is 1. The van der Waals surface area contributed by atoms with Crippen LogP contribution in [0.25, 0.3) is 0 Å². The molecule has 2 aromatic carbocycles. The minimum absolute atomic E-state index is 0.00138. The van der Waals surface area contributed by atoms with Gasteiger partial charge in [0, 0.05) is 24.8 Å². The lowest BCUT2D eigenvalue weighted by Crippen LogP contribution is -2.29. The third-order valence-corrected chi connectivity index (χ3v) is 5.53. The van der Waals surface area contributed by atoms with Crippen LogP contribution in [0.5, 0.6) is 0 Å². The molecule has 2 N–H and O–H groups in total. The predicted molar refractivity (Wildman–Crippen MR) is 102 cm³/mol. The van der Waals surface area contributed by atoms with Gasteiger partial charge in [0.2, 0.25) is 0 Å². The average Bonchev–Trinajstić information content (AvgIpc) is 2.58. The van der Waals surface area contributed by atoms with Gasteiger partial charge in [-0.1, -0.05) is 18.2 Å². The monoisotopic (exact) mass is 390 g/mol. The van der Waals surface area contributed by atoms with Crippen molar-refractivity contribution in [1.29, 1.82) is 0 Å². The number of carboxylic acid groups (broad SMARTS) is 1. The zero-order chi connectivity index (χ0) is 20.2. The minimum Gasteiger partial charge on any atom is -0.481 e. The van der Waals surface area contributed by atoms with Crippen LogP contribution in [0.3, 0.4) is 0 Å². The third kappa shape index (κ3) is 5.30. The number of benzene rings is 2. The number of rotatable bonds is 7. The van der Waals surface area contributed by atoms with Gasteiger partial charge in [0.25, 0.3) is 15.9 Å². The van der Waals surface area contributed by atoms with Crippen molar-refractivity contribution in [3.8, 4) is 0 Å². The normalized spacial score (nSPS) is 11.1. The lowest BCUT2D eigenvalue weighted by molar-refractivity contribution is -0.137. The van der Waals surface area contributed by atoms with E-state index < -0.39 is 21.9 Å². The van der Waals surface area contributed by atoms with Crippen LogP contribution < -0.4 is 4.72 Å². The predicted octanol–water partition coefficient (Wildman–Crippen LogP) is 2.65. The van der Waals surface area contributed by atoms with Crippen molar-refractivity contribution in [3.05, 3.63) is 59.2 Å². The largest absolute Gasteiger partial charge is 0.481 e. The van der Waals surface area contributed by atoms with Gasteiger partial charge in [0.1, 0.15) is 0 Å². The number of sulfonamides is 1. The number of carbonyl (C=O) groups is 2. The van der Waals surface area contributed by atoms with Gasteiger partial charge in [-0.25, -0.2) is 8.42 Å². The number of nitrogens with one attached hydrogen (secondary N) is 1. The molecule has 0 spiro atoms. The van der Waals surface area contributed by atoms with Crippen LogP contribution in [0.15, 0.2) is 47.4 Å². The van der Waals surface area contributed by atoms with Crippen LogP contribution in [-0.2, 0) is 14.8 Å². The molecule has 0 aromatic heterocycles. The first-order valence-corrected chi connectivity index (χ1v) is 9.76. The van der Waals surface area contributed by atoms with E-state index in [-0.39, 0.29) is 23.4 Å². The smallest absolute Gasteiger partial charge is 0.305 e. The molecule has 0 fully saturated rings. The van der Waals surface area contributed by atoms with Crippen molar-refractivity contribution in [1.82, 2.24) is 4.90 Å². The summed E-state index contributed by atoms with van der Waals surface area (Å²) >= 11 is 0. The summed E-state index contributed by atoms with van der Waals surface area (Å²) in [6, 6.07) is 11.4. The molecule has 0 saturated heterocycles. The molecule has 2 aromatic rings. The van der Waals surface area contributed by atoms with Crippen LogP contribution in [-0.4, -0.2) is 43.9 Å². The van der Waals surface area contributed by atoms with E-state index in [1.54, 1.807) is 31.2 Å². The van der Waals surface area contributed by atoms with Gasteiger partial charge in [0.15, 0.2) is 0 Å². The first-order valence-electron chi connectivity index (χ1n) is 8.27. The molecule has 0 unspecified atom stereocenters. The van der Waals surface area contributed by atoms with Crippen molar-refractivity contribution < 1.29 is 23.1 Å². The molecule has 0 aliphatic carbocycles. The highest BCUT2D eigenvalue weighted by atomic mass is 32.2. The van der Waals surface area contributed by atoms with E-state index in [0.717, 1.165) is 5.56 Å². The highest BCUT2D eigenvalue weighted by Gasteiger charge is 2.21. The van der Waals surface area contributed by atoms with Crippen molar-refractivity contribution in [2.75, 3.05) is 18.3 Å². The van der Waals surface area contributed by atoms with E-state index in [1.165, 1.54) is 24.1 Å². The van der Waals surface area contributed by atoms with Crippen LogP contribution in [0.1, 0.15) is 27.9 Å². The Bertz CT molecular complexity index is 970. The molecule has 1 amide bonds. The van der Waals surface area contributed by atoms with E-state index in [4.69, 9.17) is 5.11 Å². The molecule has 144 valence electrons. The molecule has 0 bridgehead atoms. The second-order valence-electron chi connectivity index (χ2n) is 6.33. The molecule has 0 atom stereocenters. The summed E-state index contributed by atoms with van der Waals surface area (Å²) < 4.78 is 28.1. The van der Waals surface area contributed by atoms with E-state index in [1.807, 2.05) is 13.0 Å². The van der Waals surface area contributed by atoms with Gasteiger partial charge >= 0.3 is 5.97 Å². The molecule has 0 saturated carbocycles. The summed E-state index contributed by atoms with van der Waals surface area (Å²) in [5.74, 6) is -1.45. The highest BCUT2D eigenvalue weighted by Crippen LogP contribution is 2.22. The van der Waals surface area contributed by atoms with Crippen molar-refractivity contribution in [3.63, 3.8) is 0 Å². The zero-order valence-electron chi connectivity index (χ0n) is 15.4. The van der Waals surface area contributed by atoms with Crippen LogP contribution in [0, 0.1) is 13.8 Å². The number of amides is 1. The molecule has 0 heterocycles. The Hall–Kier alpha value is -2.87. The molecule has 27 heavy (non-hydrogen) atoms. The van der Waals surface area contributed by atoms with Gasteiger partial charge in [0.05, 0.1) is 11.3 Å². The number of carbonyl (C=O) groups excluding carboxylic acids is 1. The maximum absolute atomic E-state index is 12.8. The fraction of sp³-hybridized carbons (Fsp3) is 0.263. The summed E-state index contributed by atoms with van der Waals surface area (Å²) in [4.78, 5) is 24.4.